The molecule has 3 saturated heterocycles. The van der Waals surface area contributed by atoms with E-state index in [0.717, 1.165) is 56.7 Å². The van der Waals surface area contributed by atoms with Crippen LogP contribution in [-0.2, 0) is 22.4 Å². The van der Waals surface area contributed by atoms with Crippen LogP contribution in [0.1, 0.15) is 57.1 Å². The van der Waals surface area contributed by atoms with Gasteiger partial charge >= 0.3 is 12.1 Å². The summed E-state index contributed by atoms with van der Waals surface area (Å²) in [6.07, 6.45) is 6.58. The maximum absolute atomic E-state index is 13.0. The Balaban J connectivity index is 0.000000205. The van der Waals surface area contributed by atoms with Gasteiger partial charge in [0.1, 0.15) is 5.75 Å². The number of hydrogen-bond donors (Lipinski definition) is 2. The first kappa shape index (κ1) is 39.3. The molecule has 2 aromatic carbocycles. The summed E-state index contributed by atoms with van der Waals surface area (Å²) in [5.41, 5.74) is 3.12. The summed E-state index contributed by atoms with van der Waals surface area (Å²) in [6.45, 7) is 13.5. The molecule has 51 heavy (non-hydrogen) atoms. The van der Waals surface area contributed by atoms with Crippen molar-refractivity contribution in [2.75, 3.05) is 77.9 Å². The Kier molecular flexibility index (Phi) is 14.5. The fourth-order valence-corrected chi connectivity index (χ4v) is 9.13. The van der Waals surface area contributed by atoms with Crippen LogP contribution in [0.5, 0.6) is 5.75 Å². The molecule has 6 rings (SSSR count). The number of fused-ring (bicyclic) bond motifs is 1. The van der Waals surface area contributed by atoms with Crippen molar-refractivity contribution in [1.82, 2.24) is 24.5 Å². The first-order valence-electron chi connectivity index (χ1n) is 18.5. The highest BCUT2D eigenvalue weighted by molar-refractivity contribution is 9.11. The van der Waals surface area contributed by atoms with Crippen LogP contribution in [0.15, 0.2) is 45.3 Å². The summed E-state index contributed by atoms with van der Waals surface area (Å²) < 4.78 is 6.05. The van der Waals surface area contributed by atoms with Crippen LogP contribution in [0, 0.1) is 5.92 Å². The number of amides is 4. The van der Waals surface area contributed by atoms with Gasteiger partial charge in [-0.15, -0.1) is 0 Å². The lowest BCUT2D eigenvalue weighted by atomic mass is 9.98. The number of phenols is 1. The molecule has 11 nitrogen and oxygen atoms in total. The Morgan fingerprint density at radius 1 is 0.902 bits per heavy atom. The standard InChI is InChI=1S/C22H33Br2N3O2.C16H21N3O3/c1-3-6-25-7-4-18(5-8-25)26-9-11-27(12-10-26)22(29)16(2)13-17-14-19(23)21(28)20(24)15-17;1-22-16(21)18-9-7-13(8-10-18)19-11-6-12-4-2-3-5-14(12)17-15(19)20/h14-16,18,28H,3-13H2,1-2H3;2-5,13H,6-11H2,1H3,(H,17,20)/t16-;/m1./s1. The van der Waals surface area contributed by atoms with Crippen LogP contribution in [0.2, 0.25) is 0 Å². The van der Waals surface area contributed by atoms with Gasteiger partial charge in [-0.05, 0) is 126 Å². The van der Waals surface area contributed by atoms with Crippen LogP contribution in [-0.4, -0.2) is 132 Å². The predicted octanol–water partition coefficient (Wildman–Crippen LogP) is 6.42. The van der Waals surface area contributed by atoms with Gasteiger partial charge in [0.15, 0.2) is 0 Å². The minimum Gasteiger partial charge on any atom is -0.506 e. The number of ether oxygens (including phenoxy) is 1. The molecule has 0 unspecified atom stereocenters. The van der Waals surface area contributed by atoms with Gasteiger partial charge in [0.25, 0.3) is 0 Å². The molecular formula is C38H54Br2N6O5. The van der Waals surface area contributed by atoms with Gasteiger partial charge in [0.2, 0.25) is 5.91 Å². The van der Waals surface area contributed by atoms with Gasteiger partial charge in [-0.25, -0.2) is 9.59 Å². The number of hydrogen-bond acceptors (Lipinski definition) is 7. The highest BCUT2D eigenvalue weighted by Gasteiger charge is 2.32. The molecule has 0 aliphatic carbocycles. The Hall–Kier alpha value is -2.87. The fourth-order valence-electron chi connectivity index (χ4n) is 7.85. The number of anilines is 1. The number of nitrogens with zero attached hydrogens (tertiary/aromatic N) is 5. The number of para-hydroxylation sites is 1. The van der Waals surface area contributed by atoms with E-state index in [1.165, 1.54) is 51.6 Å². The molecule has 2 aromatic rings. The van der Waals surface area contributed by atoms with Crippen LogP contribution < -0.4 is 5.32 Å². The number of phenolic OH excluding ortho intramolecular Hbond substituents is 1. The smallest absolute Gasteiger partial charge is 0.409 e. The monoisotopic (exact) mass is 832 g/mol. The highest BCUT2D eigenvalue weighted by Crippen LogP contribution is 2.34. The number of benzene rings is 2. The number of piperidine rings is 2. The summed E-state index contributed by atoms with van der Waals surface area (Å²) in [7, 11) is 1.40. The van der Waals surface area contributed by atoms with Gasteiger partial charge in [-0.3, -0.25) is 9.69 Å². The molecule has 4 aliphatic heterocycles. The third-order valence-electron chi connectivity index (χ3n) is 10.8. The highest BCUT2D eigenvalue weighted by atomic mass is 79.9. The molecule has 4 aliphatic rings. The molecule has 0 spiro atoms. The molecule has 4 heterocycles. The van der Waals surface area contributed by atoms with Crippen molar-refractivity contribution < 1.29 is 24.2 Å². The van der Waals surface area contributed by atoms with E-state index < -0.39 is 0 Å². The minimum absolute atomic E-state index is 0.0403. The number of carbonyl (C=O) groups excluding carboxylic acids is 3. The van der Waals surface area contributed by atoms with Gasteiger partial charge < -0.3 is 34.8 Å². The van der Waals surface area contributed by atoms with Crippen LogP contribution >= 0.6 is 31.9 Å². The molecular weight excluding hydrogens is 780 g/mol. The third kappa shape index (κ3) is 10.4. The van der Waals surface area contributed by atoms with Crippen molar-refractivity contribution in [1.29, 1.82) is 0 Å². The van der Waals surface area contributed by atoms with Gasteiger partial charge in [0, 0.05) is 69.5 Å². The number of halogens is 2. The second kappa shape index (κ2) is 18.8. The van der Waals surface area contributed by atoms with Crippen LogP contribution in [0.3, 0.4) is 0 Å². The van der Waals surface area contributed by atoms with Crippen molar-refractivity contribution >= 4 is 55.6 Å². The predicted molar refractivity (Wildman–Crippen MR) is 207 cm³/mol. The third-order valence-corrected chi connectivity index (χ3v) is 12.0. The Bertz CT molecular complexity index is 1470. The topological polar surface area (TPSA) is 109 Å². The van der Waals surface area contributed by atoms with E-state index in [9.17, 15) is 19.5 Å². The molecule has 0 bridgehead atoms. The lowest BCUT2D eigenvalue weighted by Gasteiger charge is -2.43. The molecule has 0 aromatic heterocycles. The van der Waals surface area contributed by atoms with Crippen molar-refractivity contribution in [2.24, 2.45) is 5.92 Å². The first-order chi connectivity index (χ1) is 24.6. The molecule has 0 radical (unpaired) electrons. The Morgan fingerprint density at radius 2 is 1.53 bits per heavy atom. The largest absolute Gasteiger partial charge is 0.506 e. The number of piperazine rings is 1. The maximum Gasteiger partial charge on any atom is 0.409 e. The minimum atomic E-state index is -0.286. The fraction of sp³-hybridized carbons (Fsp3) is 0.605. The zero-order valence-electron chi connectivity index (χ0n) is 30.3. The Labute approximate surface area is 319 Å². The number of rotatable bonds is 7. The van der Waals surface area contributed by atoms with Gasteiger partial charge in [-0.2, -0.15) is 0 Å². The van der Waals surface area contributed by atoms with E-state index in [0.29, 0.717) is 41.0 Å². The van der Waals surface area contributed by atoms with E-state index in [1.54, 1.807) is 4.90 Å². The average Bonchev–Trinajstić information content (AvgIpc) is 3.32. The van der Waals surface area contributed by atoms with Crippen molar-refractivity contribution in [2.45, 2.75) is 70.9 Å². The molecule has 2 N–H and O–H groups in total. The second-order valence-electron chi connectivity index (χ2n) is 14.2. The zero-order chi connectivity index (χ0) is 36.5. The second-order valence-corrected chi connectivity index (χ2v) is 15.9. The number of urea groups is 1. The molecule has 280 valence electrons. The average molecular weight is 835 g/mol. The Morgan fingerprint density at radius 3 is 2.16 bits per heavy atom. The number of carbonyl (C=O) groups is 3. The summed E-state index contributed by atoms with van der Waals surface area (Å²) >= 11 is 6.75. The van der Waals surface area contributed by atoms with E-state index >= 15 is 0 Å². The van der Waals surface area contributed by atoms with Crippen molar-refractivity contribution in [3.05, 3.63) is 56.5 Å². The molecule has 0 saturated carbocycles. The van der Waals surface area contributed by atoms with E-state index in [-0.39, 0.29) is 35.7 Å². The molecule has 3 fully saturated rings. The van der Waals surface area contributed by atoms with Crippen molar-refractivity contribution in [3.8, 4) is 5.75 Å². The summed E-state index contributed by atoms with van der Waals surface area (Å²) in [5, 5.41) is 12.9. The maximum atomic E-state index is 13.0. The zero-order valence-corrected chi connectivity index (χ0v) is 33.5. The number of aromatic hydroxyl groups is 1. The molecule has 13 heteroatoms. The number of likely N-dealkylation sites (tertiary alicyclic amines) is 2. The van der Waals surface area contributed by atoms with E-state index in [4.69, 9.17) is 4.74 Å². The van der Waals surface area contributed by atoms with E-state index in [1.807, 2.05) is 47.1 Å². The van der Waals surface area contributed by atoms with E-state index in [2.05, 4.69) is 60.0 Å². The first-order valence-corrected chi connectivity index (χ1v) is 20.1. The number of nitrogens with one attached hydrogen (secondary N) is 1. The quantitative estimate of drug-likeness (QED) is 0.332. The number of methoxy groups -OCH3 is 1. The van der Waals surface area contributed by atoms with Gasteiger partial charge in [0.05, 0.1) is 16.1 Å². The van der Waals surface area contributed by atoms with Gasteiger partial charge in [-0.1, -0.05) is 32.0 Å². The normalized spacial score (nSPS) is 20.1. The summed E-state index contributed by atoms with van der Waals surface area (Å²) in [5.74, 6) is 0.370. The van der Waals surface area contributed by atoms with Crippen molar-refractivity contribution in [3.63, 3.8) is 0 Å². The summed E-state index contributed by atoms with van der Waals surface area (Å²) in [4.78, 5) is 47.8. The lowest BCUT2D eigenvalue weighted by molar-refractivity contribution is -0.137. The molecule has 4 amide bonds. The SMILES string of the molecule is CCCN1CCC(N2CCN(C(=O)[C@H](C)Cc3cc(Br)c(O)c(Br)c3)CC2)CC1.COC(=O)N1CCC(N2CCc3ccccc3NC2=O)CC1. The van der Waals surface area contributed by atoms with Crippen LogP contribution in [0.25, 0.3) is 0 Å². The molecule has 1 atom stereocenters. The van der Waals surface area contributed by atoms with Crippen LogP contribution in [0.4, 0.5) is 15.3 Å². The lowest BCUT2D eigenvalue weighted by Crippen LogP contribution is -2.55. The summed E-state index contributed by atoms with van der Waals surface area (Å²) in [6, 6.07) is 12.5.